The summed E-state index contributed by atoms with van der Waals surface area (Å²) in [7, 11) is 1.98. The van der Waals surface area contributed by atoms with Crippen molar-refractivity contribution in [3.8, 4) is 0 Å². The van der Waals surface area contributed by atoms with E-state index in [-0.39, 0.29) is 29.5 Å². The Labute approximate surface area is 239 Å². The van der Waals surface area contributed by atoms with E-state index >= 15 is 0 Å². The SMILES string of the molecule is CN1CC(C(=O)Nc2ccc(F)cc2)C(c2ccc(/C=C/C(=O)Nc3ccccc3NC(=O)OC(C)(C)C)cc2)C1. The lowest BCUT2D eigenvalue weighted by Gasteiger charge is -2.20. The molecule has 0 bridgehead atoms. The number of carbonyl (C=O) groups is 3. The van der Waals surface area contributed by atoms with E-state index < -0.39 is 11.7 Å². The van der Waals surface area contributed by atoms with Crippen LogP contribution in [0.4, 0.5) is 26.2 Å². The van der Waals surface area contributed by atoms with Crippen LogP contribution < -0.4 is 16.0 Å². The van der Waals surface area contributed by atoms with E-state index in [1.165, 1.54) is 18.2 Å². The van der Waals surface area contributed by atoms with Gasteiger partial charge >= 0.3 is 6.09 Å². The summed E-state index contributed by atoms with van der Waals surface area (Å²) in [5.41, 5.74) is 2.63. The Kier molecular flexibility index (Phi) is 9.19. The second-order valence-corrected chi connectivity index (χ2v) is 11.1. The van der Waals surface area contributed by atoms with Crippen LogP contribution in [0, 0.1) is 11.7 Å². The number of rotatable bonds is 7. The zero-order chi connectivity index (χ0) is 29.6. The van der Waals surface area contributed by atoms with E-state index in [0.29, 0.717) is 23.6 Å². The number of likely N-dealkylation sites (tertiary alicyclic amines) is 1. The van der Waals surface area contributed by atoms with Crippen molar-refractivity contribution in [1.82, 2.24) is 4.90 Å². The molecule has 214 valence electrons. The van der Waals surface area contributed by atoms with Crippen molar-refractivity contribution in [2.45, 2.75) is 32.3 Å². The van der Waals surface area contributed by atoms with Gasteiger partial charge in [-0.2, -0.15) is 0 Å². The van der Waals surface area contributed by atoms with E-state index in [9.17, 15) is 18.8 Å². The van der Waals surface area contributed by atoms with Crippen LogP contribution in [0.25, 0.3) is 6.08 Å². The summed E-state index contributed by atoms with van der Waals surface area (Å²) < 4.78 is 18.5. The number of benzene rings is 3. The minimum atomic E-state index is -0.647. The third-order valence-electron chi connectivity index (χ3n) is 6.56. The number of nitrogens with one attached hydrogen (secondary N) is 3. The van der Waals surface area contributed by atoms with Crippen molar-refractivity contribution in [2.24, 2.45) is 5.92 Å². The lowest BCUT2D eigenvalue weighted by atomic mass is 9.88. The summed E-state index contributed by atoms with van der Waals surface area (Å²) in [6.45, 7) is 6.67. The number of carbonyl (C=O) groups excluding carboxylic acids is 3. The smallest absolute Gasteiger partial charge is 0.412 e. The first-order chi connectivity index (χ1) is 19.5. The number of anilines is 3. The average Bonchev–Trinajstić information content (AvgIpc) is 3.31. The molecule has 1 saturated heterocycles. The fourth-order valence-electron chi connectivity index (χ4n) is 4.69. The lowest BCUT2D eigenvalue weighted by Crippen LogP contribution is -2.28. The van der Waals surface area contributed by atoms with Gasteiger partial charge < -0.3 is 20.3 Å². The summed E-state index contributed by atoms with van der Waals surface area (Å²) in [6, 6.07) is 20.4. The van der Waals surface area contributed by atoms with Crippen LogP contribution >= 0.6 is 0 Å². The Hall–Kier alpha value is -4.50. The first-order valence-electron chi connectivity index (χ1n) is 13.4. The van der Waals surface area contributed by atoms with Crippen molar-refractivity contribution >= 4 is 41.0 Å². The maximum Gasteiger partial charge on any atom is 0.412 e. The summed E-state index contributed by atoms with van der Waals surface area (Å²) in [4.78, 5) is 40.0. The number of para-hydroxylation sites is 2. The molecule has 0 aromatic heterocycles. The van der Waals surface area contributed by atoms with Gasteiger partial charge in [0.25, 0.3) is 0 Å². The molecule has 8 nitrogen and oxygen atoms in total. The molecule has 41 heavy (non-hydrogen) atoms. The predicted octanol–water partition coefficient (Wildman–Crippen LogP) is 6.11. The molecule has 3 aromatic carbocycles. The van der Waals surface area contributed by atoms with Crippen LogP contribution in [-0.4, -0.2) is 48.5 Å². The van der Waals surface area contributed by atoms with Gasteiger partial charge in [-0.1, -0.05) is 36.4 Å². The maximum atomic E-state index is 13.2. The van der Waals surface area contributed by atoms with E-state index in [1.807, 2.05) is 31.3 Å². The molecule has 2 atom stereocenters. The normalized spacial score (nSPS) is 17.3. The van der Waals surface area contributed by atoms with E-state index in [2.05, 4.69) is 20.9 Å². The largest absolute Gasteiger partial charge is 0.444 e. The summed E-state index contributed by atoms with van der Waals surface area (Å²) in [6.07, 6.45) is 2.50. The van der Waals surface area contributed by atoms with Crippen LogP contribution in [0.5, 0.6) is 0 Å². The molecule has 1 fully saturated rings. The van der Waals surface area contributed by atoms with Gasteiger partial charge in [-0.25, -0.2) is 9.18 Å². The third kappa shape index (κ3) is 8.49. The van der Waals surface area contributed by atoms with Crippen LogP contribution in [0.15, 0.2) is 78.9 Å². The van der Waals surface area contributed by atoms with Gasteiger partial charge in [-0.05, 0) is 81.4 Å². The molecule has 1 aliphatic heterocycles. The number of hydrogen-bond acceptors (Lipinski definition) is 5. The monoisotopic (exact) mass is 558 g/mol. The number of nitrogens with zero attached hydrogens (tertiary/aromatic N) is 1. The molecule has 1 aliphatic rings. The zero-order valence-electron chi connectivity index (χ0n) is 23.6. The van der Waals surface area contributed by atoms with Gasteiger partial charge in [0, 0.05) is 30.8 Å². The van der Waals surface area contributed by atoms with Crippen LogP contribution in [0.1, 0.15) is 37.8 Å². The Morgan fingerprint density at radius 3 is 2.15 bits per heavy atom. The van der Waals surface area contributed by atoms with E-state index in [4.69, 9.17) is 4.74 Å². The van der Waals surface area contributed by atoms with Gasteiger partial charge in [0.15, 0.2) is 0 Å². The van der Waals surface area contributed by atoms with Crippen molar-refractivity contribution in [3.05, 3.63) is 95.8 Å². The molecule has 1 heterocycles. The van der Waals surface area contributed by atoms with E-state index in [0.717, 1.165) is 17.7 Å². The Morgan fingerprint density at radius 2 is 1.51 bits per heavy atom. The van der Waals surface area contributed by atoms with Gasteiger partial charge in [-0.15, -0.1) is 0 Å². The molecule has 0 saturated carbocycles. The van der Waals surface area contributed by atoms with Gasteiger partial charge in [0.1, 0.15) is 11.4 Å². The van der Waals surface area contributed by atoms with Crippen molar-refractivity contribution in [1.29, 1.82) is 0 Å². The molecule has 9 heteroatoms. The predicted molar refractivity (Wildman–Crippen MR) is 159 cm³/mol. The Morgan fingerprint density at radius 1 is 0.878 bits per heavy atom. The second-order valence-electron chi connectivity index (χ2n) is 11.1. The fraction of sp³-hybridized carbons (Fsp3) is 0.281. The molecule has 0 spiro atoms. The topological polar surface area (TPSA) is 99.8 Å². The number of hydrogen-bond donors (Lipinski definition) is 3. The first kappa shape index (κ1) is 29.5. The standard InChI is InChI=1S/C32H35FN4O4/c1-32(2,3)41-31(40)36-28-8-6-5-7-27(28)35-29(38)18-11-21-9-12-22(13-10-21)25-19-37(4)20-26(25)30(39)34-24-16-14-23(33)15-17-24/h5-18,25-26H,19-20H2,1-4H3,(H,34,39)(H,35,38)(H,36,40)/b18-11+. The molecule has 3 aromatic rings. The minimum absolute atomic E-state index is 0.00393. The first-order valence-corrected chi connectivity index (χ1v) is 13.4. The number of ether oxygens (including phenoxy) is 1. The van der Waals surface area contributed by atoms with Crippen molar-refractivity contribution in [3.63, 3.8) is 0 Å². The molecule has 0 aliphatic carbocycles. The molecule has 4 rings (SSSR count). The molecule has 3 N–H and O–H groups in total. The quantitative estimate of drug-likeness (QED) is 0.304. The van der Waals surface area contributed by atoms with Crippen LogP contribution in [-0.2, 0) is 14.3 Å². The molecular formula is C32H35FN4O4. The van der Waals surface area contributed by atoms with Crippen molar-refractivity contribution in [2.75, 3.05) is 36.1 Å². The Bertz CT molecular complexity index is 1410. The highest BCUT2D eigenvalue weighted by Gasteiger charge is 2.37. The minimum Gasteiger partial charge on any atom is -0.444 e. The van der Waals surface area contributed by atoms with Gasteiger partial charge in [0.05, 0.1) is 17.3 Å². The lowest BCUT2D eigenvalue weighted by molar-refractivity contribution is -0.119. The fourth-order valence-corrected chi connectivity index (χ4v) is 4.69. The molecule has 2 unspecified atom stereocenters. The van der Waals surface area contributed by atoms with Crippen LogP contribution in [0.2, 0.25) is 0 Å². The molecule has 3 amide bonds. The van der Waals surface area contributed by atoms with Gasteiger partial charge in [-0.3, -0.25) is 14.9 Å². The summed E-state index contributed by atoms with van der Waals surface area (Å²) in [5.74, 6) is -1.08. The van der Waals surface area contributed by atoms with Crippen LogP contribution in [0.3, 0.4) is 0 Å². The highest BCUT2D eigenvalue weighted by atomic mass is 19.1. The number of halogens is 1. The zero-order valence-corrected chi connectivity index (χ0v) is 23.6. The van der Waals surface area contributed by atoms with Gasteiger partial charge in [0.2, 0.25) is 11.8 Å². The average molecular weight is 559 g/mol. The second kappa shape index (κ2) is 12.8. The van der Waals surface area contributed by atoms with E-state index in [1.54, 1.807) is 63.2 Å². The molecule has 0 radical (unpaired) electrons. The third-order valence-corrected chi connectivity index (χ3v) is 6.56. The van der Waals surface area contributed by atoms with Crippen molar-refractivity contribution < 1.29 is 23.5 Å². The number of amides is 3. The summed E-state index contributed by atoms with van der Waals surface area (Å²) in [5, 5.41) is 8.35. The highest BCUT2D eigenvalue weighted by Crippen LogP contribution is 2.33. The highest BCUT2D eigenvalue weighted by molar-refractivity contribution is 6.05. The number of likely N-dealkylation sites (N-methyl/N-ethyl adjacent to an activating group) is 1. The maximum absolute atomic E-state index is 13.2. The molecular weight excluding hydrogens is 523 g/mol. The summed E-state index contributed by atoms with van der Waals surface area (Å²) >= 11 is 0. The Balaban J connectivity index is 1.37.